The molecule has 2 rings (SSSR count). The number of carboxylic acids is 1. The van der Waals surface area contributed by atoms with Crippen LogP contribution in [0.1, 0.15) is 10.5 Å². The Morgan fingerprint density at radius 2 is 2.28 bits per heavy atom. The van der Waals surface area contributed by atoms with Crippen LogP contribution in [0.5, 0.6) is 5.75 Å². The summed E-state index contributed by atoms with van der Waals surface area (Å²) in [6.45, 7) is 0. The van der Waals surface area contributed by atoms with Gasteiger partial charge in [0, 0.05) is 24.2 Å². The lowest BCUT2D eigenvalue weighted by molar-refractivity contribution is 0.0691. The number of carboxylic acid groups (broad SMARTS) is 1. The second-order valence-electron chi connectivity index (χ2n) is 3.58. The van der Waals surface area contributed by atoms with Gasteiger partial charge in [-0.15, -0.1) is 11.3 Å². The van der Waals surface area contributed by atoms with E-state index in [-0.39, 0.29) is 5.69 Å². The molecule has 0 bridgehead atoms. The Balaban J connectivity index is 2.28. The Morgan fingerprint density at radius 3 is 2.89 bits per heavy atom. The third-order valence-corrected chi connectivity index (χ3v) is 3.36. The summed E-state index contributed by atoms with van der Waals surface area (Å²) in [5, 5.41) is 11.0. The summed E-state index contributed by atoms with van der Waals surface area (Å²) in [5.41, 5.74) is 0.949. The fraction of sp³-hybridized carbons (Fsp3) is 0.167. The summed E-state index contributed by atoms with van der Waals surface area (Å²) in [7, 11) is 3.43. The van der Waals surface area contributed by atoms with E-state index in [0.717, 1.165) is 11.4 Å². The number of rotatable bonds is 4. The van der Waals surface area contributed by atoms with Gasteiger partial charge in [0.1, 0.15) is 5.75 Å². The maximum Gasteiger partial charge on any atom is 0.355 e. The van der Waals surface area contributed by atoms with Gasteiger partial charge in [-0.25, -0.2) is 9.78 Å². The predicted molar refractivity (Wildman–Crippen MR) is 70.1 cm³/mol. The fourth-order valence-corrected chi connectivity index (χ4v) is 2.23. The summed E-state index contributed by atoms with van der Waals surface area (Å²) >= 11 is 1.29. The summed E-state index contributed by atoms with van der Waals surface area (Å²) in [4.78, 5) is 16.6. The highest BCUT2D eigenvalue weighted by atomic mass is 32.1. The average Bonchev–Trinajstić information content (AvgIpc) is 2.87. The predicted octanol–water partition coefficient (Wildman–Crippen LogP) is 2.62. The number of benzene rings is 1. The molecule has 1 heterocycles. The van der Waals surface area contributed by atoms with E-state index < -0.39 is 5.97 Å². The first-order chi connectivity index (χ1) is 8.61. The molecule has 5 nitrogen and oxygen atoms in total. The van der Waals surface area contributed by atoms with E-state index in [4.69, 9.17) is 9.84 Å². The molecule has 94 valence electrons. The molecule has 6 heteroatoms. The normalized spacial score (nSPS) is 10.1. The molecule has 1 aromatic carbocycles. The van der Waals surface area contributed by atoms with Crippen LogP contribution in [0.3, 0.4) is 0 Å². The Hall–Kier alpha value is -2.08. The first kappa shape index (κ1) is 12.4. The number of ether oxygens (including phenoxy) is 1. The minimum Gasteiger partial charge on any atom is -0.497 e. The molecule has 0 fully saturated rings. The molecule has 1 N–H and O–H groups in total. The lowest BCUT2D eigenvalue weighted by atomic mass is 10.3. The minimum absolute atomic E-state index is 0.0600. The van der Waals surface area contributed by atoms with Crippen LogP contribution in [0.15, 0.2) is 29.6 Å². The van der Waals surface area contributed by atoms with Gasteiger partial charge in [-0.3, -0.25) is 0 Å². The second-order valence-corrected chi connectivity index (χ2v) is 4.42. The van der Waals surface area contributed by atoms with E-state index in [9.17, 15) is 4.79 Å². The van der Waals surface area contributed by atoms with Crippen molar-refractivity contribution in [1.82, 2.24) is 4.98 Å². The molecule has 1 aromatic heterocycles. The Labute approximate surface area is 108 Å². The van der Waals surface area contributed by atoms with Gasteiger partial charge >= 0.3 is 5.97 Å². The van der Waals surface area contributed by atoms with Crippen molar-refractivity contribution in [3.05, 3.63) is 35.3 Å². The number of anilines is 2. The summed E-state index contributed by atoms with van der Waals surface area (Å²) in [5.74, 6) is -0.272. The summed E-state index contributed by atoms with van der Waals surface area (Å²) in [6, 6.07) is 7.49. The average molecular weight is 264 g/mol. The fourth-order valence-electron chi connectivity index (χ4n) is 1.45. The molecule has 0 aliphatic rings. The highest BCUT2D eigenvalue weighted by Gasteiger charge is 2.13. The van der Waals surface area contributed by atoms with Crippen LogP contribution in [-0.4, -0.2) is 30.2 Å². The number of aromatic nitrogens is 1. The van der Waals surface area contributed by atoms with Crippen LogP contribution < -0.4 is 9.64 Å². The van der Waals surface area contributed by atoms with Gasteiger partial charge in [0.2, 0.25) is 0 Å². The van der Waals surface area contributed by atoms with Crippen molar-refractivity contribution in [2.45, 2.75) is 0 Å². The SMILES string of the molecule is COc1cccc(N(C)c2nc(C(=O)O)cs2)c1. The zero-order valence-corrected chi connectivity index (χ0v) is 10.8. The number of hydrogen-bond donors (Lipinski definition) is 1. The van der Waals surface area contributed by atoms with Gasteiger partial charge in [0.15, 0.2) is 10.8 Å². The van der Waals surface area contributed by atoms with E-state index in [0.29, 0.717) is 5.13 Å². The summed E-state index contributed by atoms with van der Waals surface area (Å²) in [6.07, 6.45) is 0. The van der Waals surface area contributed by atoms with Gasteiger partial charge in [-0.1, -0.05) is 6.07 Å². The van der Waals surface area contributed by atoms with Crippen LogP contribution in [0, 0.1) is 0 Å². The molecule has 0 saturated heterocycles. The Kier molecular flexibility index (Phi) is 3.47. The van der Waals surface area contributed by atoms with E-state index in [1.807, 2.05) is 36.2 Å². The van der Waals surface area contributed by atoms with Crippen LogP contribution in [0.25, 0.3) is 0 Å². The maximum atomic E-state index is 10.8. The van der Waals surface area contributed by atoms with E-state index in [1.54, 1.807) is 7.11 Å². The van der Waals surface area contributed by atoms with Crippen molar-refractivity contribution in [3.63, 3.8) is 0 Å². The number of carbonyl (C=O) groups is 1. The topological polar surface area (TPSA) is 62.7 Å². The third kappa shape index (κ3) is 2.43. The third-order valence-electron chi connectivity index (χ3n) is 2.44. The van der Waals surface area contributed by atoms with Gasteiger partial charge < -0.3 is 14.7 Å². The Bertz CT molecular complexity index is 568. The van der Waals surface area contributed by atoms with Crippen LogP contribution >= 0.6 is 11.3 Å². The number of nitrogens with zero attached hydrogens (tertiary/aromatic N) is 2. The van der Waals surface area contributed by atoms with Gasteiger partial charge in [0.25, 0.3) is 0 Å². The van der Waals surface area contributed by atoms with Crippen molar-refractivity contribution in [2.75, 3.05) is 19.1 Å². The lowest BCUT2D eigenvalue weighted by Gasteiger charge is -2.16. The molecule has 2 aromatic rings. The van der Waals surface area contributed by atoms with Gasteiger partial charge in [0.05, 0.1) is 7.11 Å². The van der Waals surface area contributed by atoms with E-state index >= 15 is 0 Å². The van der Waals surface area contributed by atoms with Crippen molar-refractivity contribution < 1.29 is 14.6 Å². The molecule has 0 aliphatic heterocycles. The number of aromatic carboxylic acids is 1. The smallest absolute Gasteiger partial charge is 0.355 e. The van der Waals surface area contributed by atoms with Crippen LogP contribution in [0.2, 0.25) is 0 Å². The maximum absolute atomic E-state index is 10.8. The Morgan fingerprint density at radius 1 is 1.50 bits per heavy atom. The zero-order chi connectivity index (χ0) is 13.1. The molecule has 0 radical (unpaired) electrons. The quantitative estimate of drug-likeness (QED) is 0.919. The van der Waals surface area contributed by atoms with Crippen LogP contribution in [-0.2, 0) is 0 Å². The first-order valence-corrected chi connectivity index (χ1v) is 6.06. The number of thiazole rings is 1. The van der Waals surface area contributed by atoms with Crippen LogP contribution in [0.4, 0.5) is 10.8 Å². The van der Waals surface area contributed by atoms with E-state index in [1.165, 1.54) is 16.7 Å². The van der Waals surface area contributed by atoms with E-state index in [2.05, 4.69) is 4.98 Å². The molecular weight excluding hydrogens is 252 g/mol. The van der Waals surface area contributed by atoms with Crippen molar-refractivity contribution in [2.24, 2.45) is 0 Å². The highest BCUT2D eigenvalue weighted by molar-refractivity contribution is 7.14. The monoisotopic (exact) mass is 264 g/mol. The molecule has 0 saturated carbocycles. The number of hydrogen-bond acceptors (Lipinski definition) is 5. The molecule has 0 spiro atoms. The molecular formula is C12H12N2O3S. The molecule has 0 atom stereocenters. The largest absolute Gasteiger partial charge is 0.497 e. The zero-order valence-electron chi connectivity index (χ0n) is 9.95. The second kappa shape index (κ2) is 5.05. The lowest BCUT2D eigenvalue weighted by Crippen LogP contribution is -2.09. The number of methoxy groups -OCH3 is 1. The molecule has 18 heavy (non-hydrogen) atoms. The molecule has 0 aliphatic carbocycles. The molecule has 0 unspecified atom stereocenters. The summed E-state index contributed by atoms with van der Waals surface area (Å²) < 4.78 is 5.15. The van der Waals surface area contributed by atoms with Crippen molar-refractivity contribution in [3.8, 4) is 5.75 Å². The van der Waals surface area contributed by atoms with Gasteiger partial charge in [-0.2, -0.15) is 0 Å². The first-order valence-electron chi connectivity index (χ1n) is 5.18. The van der Waals surface area contributed by atoms with Crippen molar-refractivity contribution >= 4 is 28.1 Å². The highest BCUT2D eigenvalue weighted by Crippen LogP contribution is 2.29. The molecule has 0 amide bonds. The minimum atomic E-state index is -1.02. The van der Waals surface area contributed by atoms with Gasteiger partial charge in [-0.05, 0) is 12.1 Å². The standard InChI is InChI=1S/C12H12N2O3S/c1-14(8-4-3-5-9(6-8)17-2)12-13-10(7-18-12)11(15)16/h3-7H,1-2H3,(H,15,16). The van der Waals surface area contributed by atoms with Crippen molar-refractivity contribution in [1.29, 1.82) is 0 Å².